The lowest BCUT2D eigenvalue weighted by Crippen LogP contribution is -2.29. The van der Waals surface area contributed by atoms with E-state index in [9.17, 15) is 4.79 Å². The van der Waals surface area contributed by atoms with E-state index in [1.54, 1.807) is 9.13 Å². The van der Waals surface area contributed by atoms with Crippen molar-refractivity contribution in [2.24, 2.45) is 0 Å². The monoisotopic (exact) mass is 454 g/mol. The summed E-state index contributed by atoms with van der Waals surface area (Å²) in [5.41, 5.74) is 8.91. The third-order valence-electron chi connectivity index (χ3n) is 6.12. The molecule has 2 aromatic heterocycles. The van der Waals surface area contributed by atoms with Crippen molar-refractivity contribution in [2.75, 3.05) is 25.4 Å². The van der Waals surface area contributed by atoms with Crippen molar-refractivity contribution >= 4 is 17.0 Å². The first-order valence-corrected chi connectivity index (χ1v) is 11.3. The van der Waals surface area contributed by atoms with Crippen molar-refractivity contribution in [2.45, 2.75) is 26.0 Å². The largest absolute Gasteiger partial charge is 0.489 e. The van der Waals surface area contributed by atoms with Crippen LogP contribution in [0.1, 0.15) is 24.9 Å². The molecule has 172 valence electrons. The average molecular weight is 455 g/mol. The predicted octanol–water partition coefficient (Wildman–Crippen LogP) is 3.01. The molecule has 4 aromatic rings. The lowest BCUT2D eigenvalue weighted by Gasteiger charge is -2.13. The van der Waals surface area contributed by atoms with Gasteiger partial charge >= 0.3 is 5.69 Å². The van der Waals surface area contributed by atoms with E-state index < -0.39 is 0 Å². The van der Waals surface area contributed by atoms with E-state index in [0.717, 1.165) is 30.8 Å². The summed E-state index contributed by atoms with van der Waals surface area (Å²) < 4.78 is 9.25. The van der Waals surface area contributed by atoms with Crippen molar-refractivity contribution in [1.29, 1.82) is 0 Å². The van der Waals surface area contributed by atoms with Gasteiger partial charge in [-0.1, -0.05) is 36.3 Å². The molecule has 0 unspecified atom stereocenters. The Labute approximate surface area is 197 Å². The maximum absolute atomic E-state index is 13.7. The van der Waals surface area contributed by atoms with E-state index in [0.29, 0.717) is 30.0 Å². The molecule has 0 saturated carbocycles. The van der Waals surface area contributed by atoms with Crippen molar-refractivity contribution in [3.05, 3.63) is 77.0 Å². The zero-order valence-corrected chi connectivity index (χ0v) is 19.0. The molecule has 3 heterocycles. The Balaban J connectivity index is 1.47. The second-order valence-electron chi connectivity index (χ2n) is 8.29. The van der Waals surface area contributed by atoms with Crippen LogP contribution in [0, 0.1) is 11.8 Å². The Morgan fingerprint density at radius 2 is 1.91 bits per heavy atom. The number of benzene rings is 2. The molecule has 1 fully saturated rings. The molecule has 8 heteroatoms. The normalized spacial score (nSPS) is 15.9. The van der Waals surface area contributed by atoms with Crippen LogP contribution in [0.5, 0.6) is 5.75 Å². The number of fused-ring (bicyclic) bond motifs is 1. The van der Waals surface area contributed by atoms with Crippen molar-refractivity contribution in [1.82, 2.24) is 24.0 Å². The minimum atomic E-state index is -0.173. The maximum Gasteiger partial charge on any atom is 0.335 e. The summed E-state index contributed by atoms with van der Waals surface area (Å²) in [6.07, 6.45) is 2.26. The van der Waals surface area contributed by atoms with Gasteiger partial charge in [-0.05, 0) is 43.2 Å². The zero-order chi connectivity index (χ0) is 23.5. The van der Waals surface area contributed by atoms with Gasteiger partial charge in [0.05, 0.1) is 18.3 Å². The number of rotatable bonds is 6. The number of nitrogen functional groups attached to an aromatic ring is 1. The quantitative estimate of drug-likeness (QED) is 0.451. The second kappa shape index (κ2) is 9.41. The van der Waals surface area contributed by atoms with Gasteiger partial charge in [0, 0.05) is 13.1 Å². The number of anilines is 1. The Kier molecular flexibility index (Phi) is 6.02. The van der Waals surface area contributed by atoms with E-state index in [2.05, 4.69) is 26.7 Å². The number of nitrogens with zero attached hydrogens (tertiary/aromatic N) is 5. The van der Waals surface area contributed by atoms with Crippen LogP contribution >= 0.6 is 0 Å². The van der Waals surface area contributed by atoms with Crippen LogP contribution in [0.2, 0.25) is 0 Å². The predicted molar refractivity (Wildman–Crippen MR) is 132 cm³/mol. The fourth-order valence-corrected chi connectivity index (χ4v) is 4.43. The van der Waals surface area contributed by atoms with Crippen LogP contribution < -0.4 is 16.2 Å². The Morgan fingerprint density at radius 1 is 1.12 bits per heavy atom. The molecule has 0 aliphatic carbocycles. The number of nitrogens with two attached hydrogens (primary N) is 1. The first kappa shape index (κ1) is 21.7. The van der Waals surface area contributed by atoms with E-state index in [-0.39, 0.29) is 17.5 Å². The standard InChI is InChI=1S/C26H26N6O2/c1-2-3-14-30-15-13-21(16-30)32-25-23(24(27)28-18-29-25)31(26(32)33)20-9-11-22(12-10-20)34-17-19-7-5-4-6-8-19/h4-12,18,21H,13-17H2,1H3,(H2,27,28,29)/t21-/m1/s1. The van der Waals surface area contributed by atoms with E-state index in [1.165, 1.54) is 6.33 Å². The fourth-order valence-electron chi connectivity index (χ4n) is 4.43. The molecule has 0 radical (unpaired) electrons. The Morgan fingerprint density at radius 3 is 2.68 bits per heavy atom. The van der Waals surface area contributed by atoms with Crippen LogP contribution in [0.25, 0.3) is 16.9 Å². The molecule has 0 bridgehead atoms. The summed E-state index contributed by atoms with van der Waals surface area (Å²) in [6, 6.07) is 17.4. The highest BCUT2D eigenvalue weighted by Crippen LogP contribution is 2.27. The summed E-state index contributed by atoms with van der Waals surface area (Å²) >= 11 is 0. The third kappa shape index (κ3) is 4.14. The molecule has 0 spiro atoms. The van der Waals surface area contributed by atoms with Crippen LogP contribution in [-0.4, -0.2) is 43.6 Å². The molecular weight excluding hydrogens is 428 g/mol. The number of hydrogen-bond acceptors (Lipinski definition) is 6. The van der Waals surface area contributed by atoms with E-state index >= 15 is 0 Å². The first-order valence-electron chi connectivity index (χ1n) is 11.3. The molecule has 8 nitrogen and oxygen atoms in total. The van der Waals surface area contributed by atoms with Gasteiger partial charge in [-0.15, -0.1) is 5.92 Å². The van der Waals surface area contributed by atoms with Gasteiger partial charge in [0.2, 0.25) is 0 Å². The van der Waals surface area contributed by atoms with Gasteiger partial charge in [0.15, 0.2) is 11.5 Å². The highest BCUT2D eigenvalue weighted by molar-refractivity contribution is 5.84. The number of likely N-dealkylation sites (tertiary alicyclic amines) is 1. The smallest absolute Gasteiger partial charge is 0.335 e. The summed E-state index contributed by atoms with van der Waals surface area (Å²) in [6.45, 7) is 4.63. The summed E-state index contributed by atoms with van der Waals surface area (Å²) in [5, 5.41) is 0. The molecule has 2 N–H and O–H groups in total. The lowest BCUT2D eigenvalue weighted by molar-refractivity contribution is 0.306. The maximum atomic E-state index is 13.7. The van der Waals surface area contributed by atoms with Crippen LogP contribution in [0.4, 0.5) is 5.82 Å². The number of hydrogen-bond donors (Lipinski definition) is 1. The fraction of sp³-hybridized carbons (Fsp3) is 0.269. The summed E-state index contributed by atoms with van der Waals surface area (Å²) in [4.78, 5) is 24.5. The molecule has 1 aliphatic heterocycles. The molecule has 1 saturated heterocycles. The minimum absolute atomic E-state index is 0.00214. The highest BCUT2D eigenvalue weighted by atomic mass is 16.5. The topological polar surface area (TPSA) is 91.2 Å². The van der Waals surface area contributed by atoms with Gasteiger partial charge < -0.3 is 10.5 Å². The van der Waals surface area contributed by atoms with Crippen molar-refractivity contribution in [3.8, 4) is 23.3 Å². The Bertz CT molecular complexity index is 1410. The molecule has 2 aromatic carbocycles. The lowest BCUT2D eigenvalue weighted by atomic mass is 10.2. The first-order chi connectivity index (χ1) is 16.7. The van der Waals surface area contributed by atoms with Crippen LogP contribution in [0.15, 0.2) is 65.7 Å². The van der Waals surface area contributed by atoms with Gasteiger partial charge in [-0.2, -0.15) is 0 Å². The highest BCUT2D eigenvalue weighted by Gasteiger charge is 2.29. The second-order valence-corrected chi connectivity index (χ2v) is 8.29. The SMILES string of the molecule is CC#CCN1CC[C@@H](n2c(=O)n(-c3ccc(OCc4ccccc4)cc3)c3c(N)ncnc32)C1. The number of imidazole rings is 1. The van der Waals surface area contributed by atoms with Gasteiger partial charge in [0.1, 0.15) is 24.2 Å². The van der Waals surface area contributed by atoms with Gasteiger partial charge in [0.25, 0.3) is 0 Å². The summed E-state index contributed by atoms with van der Waals surface area (Å²) in [7, 11) is 0. The summed E-state index contributed by atoms with van der Waals surface area (Å²) in [5.74, 6) is 7.03. The molecule has 5 rings (SSSR count). The molecule has 34 heavy (non-hydrogen) atoms. The molecule has 1 atom stereocenters. The molecular formula is C26H26N6O2. The van der Waals surface area contributed by atoms with Gasteiger partial charge in [-0.3, -0.25) is 14.0 Å². The zero-order valence-electron chi connectivity index (χ0n) is 19.0. The van der Waals surface area contributed by atoms with E-state index in [4.69, 9.17) is 10.5 Å². The molecule has 1 aliphatic rings. The third-order valence-corrected chi connectivity index (χ3v) is 6.12. The van der Waals surface area contributed by atoms with Crippen LogP contribution in [0.3, 0.4) is 0 Å². The van der Waals surface area contributed by atoms with E-state index in [1.807, 2.05) is 61.5 Å². The number of aromatic nitrogens is 4. The van der Waals surface area contributed by atoms with Crippen molar-refractivity contribution in [3.63, 3.8) is 0 Å². The van der Waals surface area contributed by atoms with Crippen LogP contribution in [-0.2, 0) is 6.61 Å². The Hall–Kier alpha value is -4.09. The minimum Gasteiger partial charge on any atom is -0.489 e. The van der Waals surface area contributed by atoms with Gasteiger partial charge in [-0.25, -0.2) is 14.8 Å². The van der Waals surface area contributed by atoms with Crippen molar-refractivity contribution < 1.29 is 4.74 Å². The molecule has 0 amide bonds. The number of ether oxygens (including phenoxy) is 1. The average Bonchev–Trinajstić information content (AvgIpc) is 3.44.